The van der Waals surface area contributed by atoms with E-state index < -0.39 is 18.1 Å². The number of fused-ring (bicyclic) bond motifs is 1. The van der Waals surface area contributed by atoms with Gasteiger partial charge in [0.05, 0.1) is 6.10 Å². The number of nitrogens with one attached hydrogen (secondary N) is 1. The van der Waals surface area contributed by atoms with E-state index in [4.69, 9.17) is 4.74 Å². The van der Waals surface area contributed by atoms with Crippen molar-refractivity contribution >= 4 is 17.7 Å². The molecule has 1 saturated heterocycles. The summed E-state index contributed by atoms with van der Waals surface area (Å²) in [5.41, 5.74) is 1.18. The van der Waals surface area contributed by atoms with Crippen molar-refractivity contribution in [2.75, 3.05) is 0 Å². The number of rotatable bonds is 7. The monoisotopic (exact) mass is 402 g/mol. The number of nitrogens with zero attached hydrogens (tertiary/aromatic N) is 1. The minimum Gasteiger partial charge on any atom is -0.490 e. The molecular weight excluding hydrogens is 372 g/mol. The van der Waals surface area contributed by atoms with E-state index in [1.807, 2.05) is 6.07 Å². The van der Waals surface area contributed by atoms with Gasteiger partial charge in [0, 0.05) is 23.9 Å². The van der Waals surface area contributed by atoms with E-state index in [0.29, 0.717) is 30.7 Å². The van der Waals surface area contributed by atoms with E-state index in [2.05, 4.69) is 26.1 Å². The second-order valence-electron chi connectivity index (χ2n) is 8.78. The predicted molar refractivity (Wildman–Crippen MR) is 107 cm³/mol. The lowest BCUT2D eigenvalue weighted by atomic mass is 9.80. The molecule has 2 N–H and O–H groups in total. The van der Waals surface area contributed by atoms with Gasteiger partial charge < -0.3 is 14.7 Å². The standard InChI is InChI=1S/C22H30N2O5/c1-5-18(22(3,4)11-13(2)25)29-15-6-7-16-14(10-15)12-24(21(16)28)17-8-9-19(26)23-20(17)27/h6-7,10,13,17-18,25H,5,8-9,11-12H2,1-4H3,(H,23,26,27)/t13?,17?,18-/m0/s1. The maximum absolute atomic E-state index is 12.8. The lowest BCUT2D eigenvalue weighted by Gasteiger charge is -2.35. The van der Waals surface area contributed by atoms with Gasteiger partial charge in [0.25, 0.3) is 5.91 Å². The van der Waals surface area contributed by atoms with Crippen molar-refractivity contribution < 1.29 is 24.2 Å². The van der Waals surface area contributed by atoms with Gasteiger partial charge in [-0.05, 0) is 49.9 Å². The van der Waals surface area contributed by atoms with E-state index in [9.17, 15) is 19.5 Å². The molecule has 0 aromatic heterocycles. The van der Waals surface area contributed by atoms with E-state index in [1.54, 1.807) is 19.1 Å². The summed E-state index contributed by atoms with van der Waals surface area (Å²) in [4.78, 5) is 37.9. The van der Waals surface area contributed by atoms with Gasteiger partial charge >= 0.3 is 0 Å². The highest BCUT2D eigenvalue weighted by Crippen LogP contribution is 2.35. The summed E-state index contributed by atoms with van der Waals surface area (Å²) < 4.78 is 6.24. The number of benzene rings is 1. The molecule has 1 aromatic carbocycles. The van der Waals surface area contributed by atoms with Gasteiger partial charge in [0.1, 0.15) is 17.9 Å². The molecule has 0 saturated carbocycles. The van der Waals surface area contributed by atoms with E-state index in [0.717, 1.165) is 12.0 Å². The normalized spacial score (nSPS) is 21.6. The summed E-state index contributed by atoms with van der Waals surface area (Å²) in [5, 5.41) is 12.1. The number of aliphatic hydroxyl groups is 1. The highest BCUT2D eigenvalue weighted by atomic mass is 16.5. The molecule has 3 atom stereocenters. The molecule has 1 aromatic rings. The summed E-state index contributed by atoms with van der Waals surface area (Å²) >= 11 is 0. The Labute approximate surface area is 171 Å². The highest BCUT2D eigenvalue weighted by molar-refractivity contribution is 6.05. The quantitative estimate of drug-likeness (QED) is 0.683. The molecule has 1 fully saturated rings. The van der Waals surface area contributed by atoms with Crippen LogP contribution in [0.15, 0.2) is 18.2 Å². The number of aliphatic hydroxyl groups excluding tert-OH is 1. The number of carbonyl (C=O) groups is 3. The van der Waals surface area contributed by atoms with Gasteiger partial charge in [-0.1, -0.05) is 20.8 Å². The number of ether oxygens (including phenoxy) is 1. The molecule has 2 aliphatic rings. The summed E-state index contributed by atoms with van der Waals surface area (Å²) in [6, 6.07) is 4.77. The first-order valence-electron chi connectivity index (χ1n) is 10.2. The first-order valence-corrected chi connectivity index (χ1v) is 10.2. The molecule has 3 rings (SSSR count). The molecule has 29 heavy (non-hydrogen) atoms. The number of piperidine rings is 1. The number of hydrogen-bond donors (Lipinski definition) is 2. The Kier molecular flexibility index (Phi) is 5.98. The van der Waals surface area contributed by atoms with Crippen LogP contribution in [-0.4, -0.2) is 46.0 Å². The molecular formula is C22H30N2O5. The molecule has 3 amide bonds. The molecule has 158 valence electrons. The molecule has 0 bridgehead atoms. The van der Waals surface area contributed by atoms with Crippen LogP contribution in [0.2, 0.25) is 0 Å². The van der Waals surface area contributed by atoms with Crippen molar-refractivity contribution in [3.8, 4) is 5.75 Å². The second kappa shape index (κ2) is 8.14. The van der Waals surface area contributed by atoms with Gasteiger partial charge in [-0.25, -0.2) is 0 Å². The number of hydrogen-bond acceptors (Lipinski definition) is 5. The Morgan fingerprint density at radius 3 is 2.66 bits per heavy atom. The summed E-state index contributed by atoms with van der Waals surface area (Å²) in [6.45, 7) is 8.31. The Balaban J connectivity index is 1.75. The van der Waals surface area contributed by atoms with Crippen molar-refractivity contribution in [2.24, 2.45) is 5.41 Å². The first-order chi connectivity index (χ1) is 13.6. The van der Waals surface area contributed by atoms with Crippen LogP contribution in [0.25, 0.3) is 0 Å². The van der Waals surface area contributed by atoms with Crippen molar-refractivity contribution in [1.29, 1.82) is 0 Å². The van der Waals surface area contributed by atoms with E-state index in [1.165, 1.54) is 4.90 Å². The molecule has 0 spiro atoms. The fourth-order valence-electron chi connectivity index (χ4n) is 4.48. The molecule has 7 heteroatoms. The minimum atomic E-state index is -0.620. The summed E-state index contributed by atoms with van der Waals surface area (Å²) in [5.74, 6) is -0.226. The highest BCUT2D eigenvalue weighted by Gasteiger charge is 2.39. The zero-order valence-electron chi connectivity index (χ0n) is 17.5. The zero-order valence-corrected chi connectivity index (χ0v) is 17.5. The van der Waals surface area contributed by atoms with Crippen LogP contribution >= 0.6 is 0 Å². The van der Waals surface area contributed by atoms with Crippen molar-refractivity contribution in [3.05, 3.63) is 29.3 Å². The van der Waals surface area contributed by atoms with Crippen LogP contribution in [0.3, 0.4) is 0 Å². The lowest BCUT2D eigenvalue weighted by molar-refractivity contribution is -0.136. The Morgan fingerprint density at radius 1 is 1.31 bits per heavy atom. The van der Waals surface area contributed by atoms with Crippen LogP contribution in [0.5, 0.6) is 5.75 Å². The average Bonchev–Trinajstić information content (AvgIpc) is 2.94. The van der Waals surface area contributed by atoms with Crippen LogP contribution in [0, 0.1) is 5.41 Å². The van der Waals surface area contributed by atoms with Crippen LogP contribution in [-0.2, 0) is 16.1 Å². The number of carbonyl (C=O) groups excluding carboxylic acids is 3. The summed E-state index contributed by atoms with van der Waals surface area (Å²) in [7, 11) is 0. The maximum Gasteiger partial charge on any atom is 0.255 e. The minimum absolute atomic E-state index is 0.0847. The molecule has 7 nitrogen and oxygen atoms in total. The van der Waals surface area contributed by atoms with Gasteiger partial charge in [-0.2, -0.15) is 0 Å². The Bertz CT molecular complexity index is 817. The number of imide groups is 1. The smallest absolute Gasteiger partial charge is 0.255 e. The molecule has 2 unspecified atom stereocenters. The third-order valence-electron chi connectivity index (χ3n) is 5.84. The fourth-order valence-corrected chi connectivity index (χ4v) is 4.48. The van der Waals surface area contributed by atoms with Gasteiger partial charge in [0.15, 0.2) is 0 Å². The van der Waals surface area contributed by atoms with Crippen molar-refractivity contribution in [1.82, 2.24) is 10.2 Å². The van der Waals surface area contributed by atoms with E-state index in [-0.39, 0.29) is 29.8 Å². The SMILES string of the molecule is CC[C@H](Oc1ccc2c(c1)CN(C1CCC(=O)NC1=O)C2=O)C(C)(C)CC(C)O. The lowest BCUT2D eigenvalue weighted by Crippen LogP contribution is -2.52. The van der Waals surface area contributed by atoms with Crippen molar-refractivity contribution in [3.63, 3.8) is 0 Å². The molecule has 0 radical (unpaired) electrons. The molecule has 2 aliphatic heterocycles. The first kappa shape index (κ1) is 21.3. The van der Waals surface area contributed by atoms with Gasteiger partial charge in [-0.3, -0.25) is 19.7 Å². The van der Waals surface area contributed by atoms with Gasteiger partial charge in [0.2, 0.25) is 11.8 Å². The van der Waals surface area contributed by atoms with Crippen LogP contribution in [0.1, 0.15) is 69.3 Å². The van der Waals surface area contributed by atoms with Crippen LogP contribution < -0.4 is 10.1 Å². The maximum atomic E-state index is 12.8. The fraction of sp³-hybridized carbons (Fsp3) is 0.591. The average molecular weight is 402 g/mol. The van der Waals surface area contributed by atoms with Crippen LogP contribution in [0.4, 0.5) is 0 Å². The second-order valence-corrected chi connectivity index (χ2v) is 8.78. The Morgan fingerprint density at radius 2 is 2.03 bits per heavy atom. The van der Waals surface area contributed by atoms with Crippen molar-refractivity contribution in [2.45, 2.75) is 78.2 Å². The third kappa shape index (κ3) is 4.45. The predicted octanol–water partition coefficient (Wildman–Crippen LogP) is 2.40. The Hall–Kier alpha value is -2.41. The largest absolute Gasteiger partial charge is 0.490 e. The number of amides is 3. The van der Waals surface area contributed by atoms with E-state index >= 15 is 0 Å². The summed E-state index contributed by atoms with van der Waals surface area (Å²) in [6.07, 6.45) is 1.50. The zero-order chi connectivity index (χ0) is 21.3. The molecule has 0 aliphatic carbocycles. The van der Waals surface area contributed by atoms with Gasteiger partial charge in [-0.15, -0.1) is 0 Å². The topological polar surface area (TPSA) is 95.9 Å². The molecule has 2 heterocycles. The third-order valence-corrected chi connectivity index (χ3v) is 5.84.